The van der Waals surface area contributed by atoms with E-state index in [1.165, 1.54) is 28.8 Å². The second-order valence-electron chi connectivity index (χ2n) is 8.01. The summed E-state index contributed by atoms with van der Waals surface area (Å²) < 4.78 is 37.0. The van der Waals surface area contributed by atoms with Crippen molar-refractivity contribution in [1.82, 2.24) is 14.7 Å². The van der Waals surface area contributed by atoms with Gasteiger partial charge in [0.2, 0.25) is 0 Å². The Bertz CT molecular complexity index is 1240. The Labute approximate surface area is 201 Å². The van der Waals surface area contributed by atoms with Crippen molar-refractivity contribution in [3.63, 3.8) is 0 Å². The van der Waals surface area contributed by atoms with E-state index in [1.54, 1.807) is 57.7 Å². The van der Waals surface area contributed by atoms with Crippen molar-refractivity contribution >= 4 is 11.9 Å². The molecule has 0 N–H and O–H groups in total. The van der Waals surface area contributed by atoms with Crippen LogP contribution in [0.5, 0.6) is 17.2 Å². The number of methoxy groups -OCH3 is 3. The molecule has 4 rings (SSSR count). The van der Waals surface area contributed by atoms with Crippen LogP contribution in [0.4, 0.5) is 4.39 Å². The highest BCUT2D eigenvalue weighted by Gasteiger charge is 2.42. The van der Waals surface area contributed by atoms with E-state index in [2.05, 4.69) is 5.10 Å². The number of aryl methyl sites for hydroxylation is 1. The molecule has 1 aliphatic heterocycles. The van der Waals surface area contributed by atoms with Crippen LogP contribution in [0.1, 0.15) is 16.9 Å². The van der Waals surface area contributed by atoms with Gasteiger partial charge in [-0.3, -0.25) is 9.48 Å². The quantitative estimate of drug-likeness (QED) is 0.477. The molecule has 0 saturated carbocycles. The normalized spacial score (nSPS) is 17.2. The minimum Gasteiger partial charge on any atom is -0.497 e. The van der Waals surface area contributed by atoms with E-state index in [9.17, 15) is 14.0 Å². The van der Waals surface area contributed by atoms with Crippen molar-refractivity contribution in [2.24, 2.45) is 7.05 Å². The molecule has 1 aromatic heterocycles. The van der Waals surface area contributed by atoms with Crippen LogP contribution in [-0.2, 0) is 16.6 Å². The van der Waals surface area contributed by atoms with Crippen molar-refractivity contribution in [2.45, 2.75) is 18.6 Å². The number of rotatable bonds is 7. The molecule has 1 fully saturated rings. The number of ether oxygens (including phenoxy) is 4. The van der Waals surface area contributed by atoms with E-state index in [0.717, 1.165) is 0 Å². The standard InChI is InChI=1S/C25H26FN3O6/c1-28-20(13-19(27-28)17-11-15(32-2)9-10-22(17)33-3)24(30)29-14-16(12-21(29)25(31)34-4)35-23-8-6-5-7-18(23)26/h5-11,13,16,21H,12,14H2,1-4H3. The molecule has 3 aromatic rings. The second-order valence-corrected chi connectivity index (χ2v) is 8.01. The van der Waals surface area contributed by atoms with E-state index in [0.29, 0.717) is 22.8 Å². The van der Waals surface area contributed by atoms with Gasteiger partial charge in [-0.1, -0.05) is 12.1 Å². The fourth-order valence-electron chi connectivity index (χ4n) is 4.15. The van der Waals surface area contributed by atoms with Crippen molar-refractivity contribution in [3.05, 3.63) is 60.0 Å². The number of nitrogens with zero attached hydrogens (tertiary/aromatic N) is 3. The van der Waals surface area contributed by atoms with Gasteiger partial charge in [0.05, 0.1) is 33.6 Å². The summed E-state index contributed by atoms with van der Waals surface area (Å²) in [7, 11) is 5.99. The lowest BCUT2D eigenvalue weighted by Gasteiger charge is -2.22. The zero-order chi connectivity index (χ0) is 25.1. The zero-order valence-corrected chi connectivity index (χ0v) is 19.9. The predicted molar refractivity (Wildman–Crippen MR) is 124 cm³/mol. The third-order valence-corrected chi connectivity index (χ3v) is 5.91. The van der Waals surface area contributed by atoms with Gasteiger partial charge in [0.15, 0.2) is 11.6 Å². The summed E-state index contributed by atoms with van der Waals surface area (Å²) in [4.78, 5) is 27.4. The van der Waals surface area contributed by atoms with Gasteiger partial charge in [-0.15, -0.1) is 0 Å². The molecule has 0 spiro atoms. The average molecular weight is 483 g/mol. The summed E-state index contributed by atoms with van der Waals surface area (Å²) in [5.74, 6) is -0.288. The Hall–Kier alpha value is -4.08. The molecule has 1 amide bonds. The number of carbonyl (C=O) groups is 2. The van der Waals surface area contributed by atoms with Gasteiger partial charge in [0.25, 0.3) is 5.91 Å². The minimum atomic E-state index is -0.881. The lowest BCUT2D eigenvalue weighted by Crippen LogP contribution is -2.42. The Morgan fingerprint density at radius 3 is 2.49 bits per heavy atom. The molecule has 1 saturated heterocycles. The van der Waals surface area contributed by atoms with Crippen molar-refractivity contribution in [3.8, 4) is 28.5 Å². The summed E-state index contributed by atoms with van der Waals surface area (Å²) in [6.45, 7) is 0.0793. The van der Waals surface area contributed by atoms with Gasteiger partial charge in [-0.2, -0.15) is 5.10 Å². The molecule has 184 valence electrons. The maximum atomic E-state index is 14.1. The Kier molecular flexibility index (Phi) is 6.90. The van der Waals surface area contributed by atoms with Gasteiger partial charge in [0, 0.05) is 19.0 Å². The molecule has 10 heteroatoms. The van der Waals surface area contributed by atoms with Crippen LogP contribution in [0.15, 0.2) is 48.5 Å². The van der Waals surface area contributed by atoms with Crippen LogP contribution in [0, 0.1) is 5.82 Å². The van der Waals surface area contributed by atoms with Crippen LogP contribution in [-0.4, -0.2) is 66.6 Å². The number of halogens is 1. The first-order valence-corrected chi connectivity index (χ1v) is 10.9. The number of hydrogen-bond acceptors (Lipinski definition) is 7. The molecular formula is C25H26FN3O6. The summed E-state index contributed by atoms with van der Waals surface area (Å²) in [5, 5.41) is 4.48. The highest BCUT2D eigenvalue weighted by Crippen LogP contribution is 2.34. The maximum Gasteiger partial charge on any atom is 0.328 e. The van der Waals surface area contributed by atoms with E-state index >= 15 is 0 Å². The first-order valence-electron chi connectivity index (χ1n) is 10.9. The van der Waals surface area contributed by atoms with Gasteiger partial charge in [-0.05, 0) is 36.4 Å². The minimum absolute atomic E-state index is 0.0587. The van der Waals surface area contributed by atoms with E-state index in [4.69, 9.17) is 18.9 Å². The van der Waals surface area contributed by atoms with Crippen LogP contribution in [0.25, 0.3) is 11.3 Å². The number of likely N-dealkylation sites (tertiary alicyclic amines) is 1. The smallest absolute Gasteiger partial charge is 0.328 e. The number of para-hydroxylation sites is 1. The summed E-state index contributed by atoms with van der Waals surface area (Å²) >= 11 is 0. The van der Waals surface area contributed by atoms with Gasteiger partial charge >= 0.3 is 5.97 Å². The fourth-order valence-corrected chi connectivity index (χ4v) is 4.15. The molecule has 2 atom stereocenters. The molecule has 0 bridgehead atoms. The fraction of sp³-hybridized carbons (Fsp3) is 0.320. The molecule has 9 nitrogen and oxygen atoms in total. The number of amides is 1. The number of carbonyl (C=O) groups excluding carboxylic acids is 2. The third kappa shape index (κ3) is 4.77. The monoisotopic (exact) mass is 483 g/mol. The Morgan fingerprint density at radius 2 is 1.80 bits per heavy atom. The maximum absolute atomic E-state index is 14.1. The van der Waals surface area contributed by atoms with Crippen molar-refractivity contribution in [1.29, 1.82) is 0 Å². The van der Waals surface area contributed by atoms with E-state index in [-0.39, 0.29) is 24.4 Å². The van der Waals surface area contributed by atoms with Crippen LogP contribution < -0.4 is 14.2 Å². The topological polar surface area (TPSA) is 92.1 Å². The highest BCUT2D eigenvalue weighted by atomic mass is 19.1. The SMILES string of the molecule is COC(=O)C1CC(Oc2ccccc2F)CN1C(=O)c1cc(-c2cc(OC)ccc2OC)nn1C. The third-order valence-electron chi connectivity index (χ3n) is 5.91. The van der Waals surface area contributed by atoms with Gasteiger partial charge < -0.3 is 23.8 Å². The van der Waals surface area contributed by atoms with Gasteiger partial charge in [-0.25, -0.2) is 9.18 Å². The number of aromatic nitrogens is 2. The largest absolute Gasteiger partial charge is 0.497 e. The molecule has 0 aliphatic carbocycles. The molecule has 1 aliphatic rings. The van der Waals surface area contributed by atoms with Crippen LogP contribution >= 0.6 is 0 Å². The summed E-state index contributed by atoms with van der Waals surface area (Å²) in [6.07, 6.45) is -0.424. The van der Waals surface area contributed by atoms with E-state index < -0.39 is 29.8 Å². The molecule has 35 heavy (non-hydrogen) atoms. The van der Waals surface area contributed by atoms with Gasteiger partial charge in [0.1, 0.15) is 29.3 Å². The van der Waals surface area contributed by atoms with Crippen molar-refractivity contribution < 1.29 is 32.9 Å². The number of hydrogen-bond donors (Lipinski definition) is 0. The predicted octanol–water partition coefficient (Wildman–Crippen LogP) is 3.08. The molecular weight excluding hydrogens is 457 g/mol. The number of esters is 1. The molecule has 2 unspecified atom stereocenters. The van der Waals surface area contributed by atoms with Crippen LogP contribution in [0.3, 0.4) is 0 Å². The first kappa shape index (κ1) is 24.1. The van der Waals surface area contributed by atoms with Crippen molar-refractivity contribution in [2.75, 3.05) is 27.9 Å². The first-order chi connectivity index (χ1) is 16.9. The zero-order valence-electron chi connectivity index (χ0n) is 19.9. The Morgan fingerprint density at radius 1 is 1.03 bits per heavy atom. The molecule has 2 aromatic carbocycles. The summed E-state index contributed by atoms with van der Waals surface area (Å²) in [6, 6.07) is 12.0. The Balaban J connectivity index is 1.63. The summed E-state index contributed by atoms with van der Waals surface area (Å²) in [5.41, 5.74) is 1.40. The molecule has 0 radical (unpaired) electrons. The lowest BCUT2D eigenvalue weighted by atomic mass is 10.1. The average Bonchev–Trinajstić information content (AvgIpc) is 3.47. The second kappa shape index (κ2) is 10.0. The van der Waals surface area contributed by atoms with E-state index in [1.807, 2.05) is 0 Å². The number of benzene rings is 2. The highest BCUT2D eigenvalue weighted by molar-refractivity contribution is 5.97. The lowest BCUT2D eigenvalue weighted by molar-refractivity contribution is -0.145. The molecule has 2 heterocycles. The van der Waals surface area contributed by atoms with Crippen LogP contribution in [0.2, 0.25) is 0 Å².